The van der Waals surface area contributed by atoms with Crippen LogP contribution in [0.2, 0.25) is 5.04 Å². The Kier molecular flexibility index (Phi) is 13.8. The van der Waals surface area contributed by atoms with Gasteiger partial charge in [0.05, 0.1) is 34.0 Å². The number of hydrogen-bond acceptors (Lipinski definition) is 9. The van der Waals surface area contributed by atoms with Gasteiger partial charge in [0, 0.05) is 0 Å². The first-order valence-corrected chi connectivity index (χ1v) is 19.8. The van der Waals surface area contributed by atoms with Gasteiger partial charge in [-0.05, 0) is 69.4 Å². The van der Waals surface area contributed by atoms with Gasteiger partial charge in [0.1, 0.15) is 36.4 Å². The lowest BCUT2D eigenvalue weighted by molar-refractivity contribution is -0.182. The zero-order valence-corrected chi connectivity index (χ0v) is 32.7. The minimum absolute atomic E-state index is 0.00301. The summed E-state index contributed by atoms with van der Waals surface area (Å²) in [6.07, 6.45) is -2.38. The summed E-state index contributed by atoms with van der Waals surface area (Å²) in [5.41, 5.74) is 2.19. The van der Waals surface area contributed by atoms with Crippen LogP contribution in [0.25, 0.3) is 0 Å². The number of carbonyl (C=O) groups is 2. The molecule has 0 amide bonds. The van der Waals surface area contributed by atoms with Crippen LogP contribution in [0, 0.1) is 0 Å². The topological polar surface area (TPSA) is 119 Å². The molecule has 4 aromatic rings. The highest BCUT2D eigenvalue weighted by atomic mass is 28.4. The number of esters is 1. The molecule has 0 spiro atoms. The highest BCUT2D eigenvalue weighted by molar-refractivity contribution is 6.99. The van der Waals surface area contributed by atoms with Crippen LogP contribution in [-0.2, 0) is 46.2 Å². The molecule has 1 heterocycles. The second-order valence-electron chi connectivity index (χ2n) is 14.2. The smallest absolute Gasteiger partial charge is 0.335 e. The number of hydrogen-bond donors (Lipinski definition) is 1. The van der Waals surface area contributed by atoms with Crippen molar-refractivity contribution in [3.8, 4) is 11.5 Å². The third-order valence-corrected chi connectivity index (χ3v) is 14.5. The van der Waals surface area contributed by atoms with Crippen LogP contribution in [0.5, 0.6) is 11.5 Å². The summed E-state index contributed by atoms with van der Waals surface area (Å²) in [7, 11) is 0.119. The van der Waals surface area contributed by atoms with Gasteiger partial charge in [0.15, 0.2) is 6.10 Å². The Morgan fingerprint density at radius 3 is 1.78 bits per heavy atom. The molecule has 10 nitrogen and oxygen atoms in total. The Morgan fingerprint density at radius 2 is 1.30 bits per heavy atom. The zero-order chi connectivity index (χ0) is 38.7. The van der Waals surface area contributed by atoms with Gasteiger partial charge in [-0.15, -0.1) is 0 Å². The lowest BCUT2D eigenvalue weighted by atomic mass is 9.98. The van der Waals surface area contributed by atoms with Gasteiger partial charge >= 0.3 is 11.9 Å². The highest BCUT2D eigenvalue weighted by Gasteiger charge is 2.51. The van der Waals surface area contributed by atoms with E-state index in [1.165, 1.54) is 0 Å². The predicted molar refractivity (Wildman–Crippen MR) is 208 cm³/mol. The van der Waals surface area contributed by atoms with Crippen LogP contribution in [0.1, 0.15) is 38.8 Å². The van der Waals surface area contributed by atoms with Crippen LogP contribution < -0.4 is 19.8 Å². The summed E-state index contributed by atoms with van der Waals surface area (Å²) in [6.45, 7) is 8.17. The first-order chi connectivity index (χ1) is 25.9. The monoisotopic (exact) mass is 754 g/mol. The van der Waals surface area contributed by atoms with E-state index in [0.717, 1.165) is 27.2 Å². The summed E-state index contributed by atoms with van der Waals surface area (Å²) in [6, 6.07) is 34.9. The normalized spacial score (nSPS) is 18.0. The maximum atomic E-state index is 13.3. The van der Waals surface area contributed by atoms with Gasteiger partial charge in [0.25, 0.3) is 8.32 Å². The first-order valence-electron chi connectivity index (χ1n) is 17.9. The van der Waals surface area contributed by atoms with Crippen molar-refractivity contribution >= 4 is 30.6 Å². The van der Waals surface area contributed by atoms with Gasteiger partial charge in [-0.25, -0.2) is 9.59 Å². The third kappa shape index (κ3) is 9.84. The molecule has 0 saturated carbocycles. The van der Waals surface area contributed by atoms with Crippen molar-refractivity contribution in [1.82, 2.24) is 0 Å². The van der Waals surface area contributed by atoms with Gasteiger partial charge in [-0.1, -0.05) is 106 Å². The Morgan fingerprint density at radius 1 is 0.778 bits per heavy atom. The molecule has 286 valence electrons. The quantitative estimate of drug-likeness (QED) is 0.0771. The third-order valence-electron chi connectivity index (χ3n) is 9.47. The van der Waals surface area contributed by atoms with Gasteiger partial charge in [-0.3, -0.25) is 0 Å². The van der Waals surface area contributed by atoms with Crippen LogP contribution in [0.3, 0.4) is 0 Å². The van der Waals surface area contributed by atoms with Gasteiger partial charge in [-0.2, -0.15) is 0 Å². The second kappa shape index (κ2) is 18.5. The summed E-state index contributed by atoms with van der Waals surface area (Å²) in [5.74, 6) is -0.382. The van der Waals surface area contributed by atoms with Gasteiger partial charge in [0.2, 0.25) is 0 Å². The van der Waals surface area contributed by atoms with Crippen molar-refractivity contribution in [2.75, 3.05) is 27.4 Å². The van der Waals surface area contributed by atoms with Crippen LogP contribution in [0.4, 0.5) is 0 Å². The Bertz CT molecular complexity index is 1780. The van der Waals surface area contributed by atoms with Crippen molar-refractivity contribution in [3.63, 3.8) is 0 Å². The number of carboxylic acid groups (broad SMARTS) is 1. The lowest BCUT2D eigenvalue weighted by Crippen LogP contribution is -2.67. The summed E-state index contributed by atoms with van der Waals surface area (Å²) >= 11 is 0. The molecule has 0 saturated heterocycles. The molecule has 11 heteroatoms. The maximum absolute atomic E-state index is 13.3. The van der Waals surface area contributed by atoms with Crippen molar-refractivity contribution in [2.45, 2.75) is 70.4 Å². The Labute approximate surface area is 318 Å². The molecular weight excluding hydrogens is 705 g/mol. The van der Waals surface area contributed by atoms with E-state index in [2.05, 4.69) is 45.0 Å². The standard InChI is InChI=1S/C43H50O10Si/c1-30-25-37(52-39(44)29-49-26-31-17-21-33(47-5)22-18-31)38(53-40(30)41(42(45)46)50-27-32-19-23-34(48-6)24-20-32)28-51-54(43(2,3)4,35-13-9-7-10-14-35)36-15-11-8-12-16-36/h7-25,37-38,40-41H,26-29H2,1-6H3,(H,45,46)/t37-,38+,40+,41?/m0/s1. The van der Waals surface area contributed by atoms with Crippen LogP contribution in [0.15, 0.2) is 121 Å². The predicted octanol–water partition coefficient (Wildman–Crippen LogP) is 6.09. The van der Waals surface area contributed by atoms with E-state index >= 15 is 0 Å². The van der Waals surface area contributed by atoms with Crippen molar-refractivity contribution in [1.29, 1.82) is 0 Å². The molecule has 1 aliphatic heterocycles. The van der Waals surface area contributed by atoms with Crippen molar-refractivity contribution in [3.05, 3.63) is 132 Å². The molecule has 4 aromatic carbocycles. The van der Waals surface area contributed by atoms with Crippen molar-refractivity contribution in [2.24, 2.45) is 0 Å². The maximum Gasteiger partial charge on any atom is 0.335 e. The Balaban J connectivity index is 1.42. The minimum Gasteiger partial charge on any atom is -0.497 e. The average Bonchev–Trinajstić information content (AvgIpc) is 3.17. The number of carbonyl (C=O) groups excluding carboxylic acids is 1. The number of aliphatic carboxylic acids is 1. The Hall–Kier alpha value is -4.78. The largest absolute Gasteiger partial charge is 0.497 e. The molecule has 1 unspecified atom stereocenters. The molecule has 1 aliphatic rings. The fraction of sp³-hybridized carbons (Fsp3) is 0.349. The van der Waals surface area contributed by atoms with E-state index in [1.54, 1.807) is 39.4 Å². The van der Waals surface area contributed by atoms with Crippen molar-refractivity contribution < 1.29 is 47.5 Å². The SMILES string of the molecule is COc1ccc(COCC(=O)O[C@H]2C=C(C)[C@H](C(OCc3ccc(OC)cc3)C(=O)O)O[C@@H]2CO[Si](c2ccccc2)(c2ccccc2)C(C)(C)C)cc1. The second-order valence-corrected chi connectivity index (χ2v) is 18.5. The summed E-state index contributed by atoms with van der Waals surface area (Å²) in [5, 5.41) is 12.2. The zero-order valence-electron chi connectivity index (χ0n) is 31.7. The number of methoxy groups -OCH3 is 2. The van der Waals surface area contributed by atoms with Crippen LogP contribution >= 0.6 is 0 Å². The fourth-order valence-corrected chi connectivity index (χ4v) is 11.3. The minimum atomic E-state index is -3.06. The van der Waals surface area contributed by atoms with E-state index in [1.807, 2.05) is 72.8 Å². The number of rotatable bonds is 17. The molecule has 0 fully saturated rings. The molecule has 1 N–H and O–H groups in total. The molecular formula is C43H50O10Si. The number of carboxylic acids is 1. The lowest BCUT2D eigenvalue weighted by Gasteiger charge is -2.45. The van der Waals surface area contributed by atoms with E-state index in [4.69, 9.17) is 32.8 Å². The first kappa shape index (κ1) is 40.4. The average molecular weight is 755 g/mol. The molecule has 0 aromatic heterocycles. The highest BCUT2D eigenvalue weighted by Crippen LogP contribution is 2.38. The molecule has 54 heavy (non-hydrogen) atoms. The number of ether oxygens (including phenoxy) is 6. The van der Waals surface area contributed by atoms with E-state index in [-0.39, 0.29) is 31.5 Å². The fourth-order valence-electron chi connectivity index (χ4n) is 6.71. The van der Waals surface area contributed by atoms with E-state index in [9.17, 15) is 14.7 Å². The summed E-state index contributed by atoms with van der Waals surface area (Å²) < 4.78 is 42.0. The van der Waals surface area contributed by atoms with E-state index < -0.39 is 44.7 Å². The molecule has 0 aliphatic carbocycles. The molecule has 0 radical (unpaired) electrons. The molecule has 0 bridgehead atoms. The molecule has 4 atom stereocenters. The van der Waals surface area contributed by atoms with Crippen LogP contribution in [-0.4, -0.2) is 77.2 Å². The van der Waals surface area contributed by atoms with E-state index in [0.29, 0.717) is 11.3 Å². The molecule has 5 rings (SSSR count). The number of benzene rings is 4. The summed E-state index contributed by atoms with van der Waals surface area (Å²) in [4.78, 5) is 26.0. The van der Waals surface area contributed by atoms with Gasteiger partial charge < -0.3 is 38.0 Å².